The molecule has 0 saturated carbocycles. The molecule has 94 valence electrons. The first kappa shape index (κ1) is 11.4. The Balaban J connectivity index is 1.97. The summed E-state index contributed by atoms with van der Waals surface area (Å²) in [7, 11) is 0. The van der Waals surface area contributed by atoms with Crippen molar-refractivity contribution in [2.24, 2.45) is 0 Å². The van der Waals surface area contributed by atoms with Gasteiger partial charge in [-0.3, -0.25) is 0 Å². The van der Waals surface area contributed by atoms with Crippen LogP contribution < -0.4 is 5.32 Å². The number of β-amino-alcohol motifs (C(OH)–C–C–N with tert-alkyl or cyclic N) is 1. The molecule has 0 aliphatic carbocycles. The van der Waals surface area contributed by atoms with E-state index in [-0.39, 0.29) is 0 Å². The number of benzene rings is 1. The largest absolute Gasteiger partial charge is 0.379 e. The van der Waals surface area contributed by atoms with Crippen LogP contribution in [0.25, 0.3) is 11.4 Å². The number of nitrogens with one attached hydrogen (secondary N) is 1. The number of aryl methyl sites for hydroxylation is 1. The molecule has 0 amide bonds. The Morgan fingerprint density at radius 3 is 2.94 bits per heavy atom. The van der Waals surface area contributed by atoms with E-state index in [2.05, 4.69) is 15.5 Å². The highest BCUT2D eigenvalue weighted by atomic mass is 16.5. The maximum Gasteiger partial charge on any atom is 0.260 e. The molecule has 0 spiro atoms. The predicted octanol–water partition coefficient (Wildman–Crippen LogP) is 1.23. The molecular weight excluding hydrogens is 230 g/mol. The van der Waals surface area contributed by atoms with E-state index in [4.69, 9.17) is 4.52 Å². The van der Waals surface area contributed by atoms with Crippen LogP contribution in [0.1, 0.15) is 17.9 Å². The van der Waals surface area contributed by atoms with E-state index < -0.39 is 5.60 Å². The first-order chi connectivity index (χ1) is 8.69. The average Bonchev–Trinajstić information content (AvgIpc) is 2.99. The van der Waals surface area contributed by atoms with E-state index >= 15 is 0 Å². The summed E-state index contributed by atoms with van der Waals surface area (Å²) in [6.45, 7) is 3.22. The zero-order chi connectivity index (χ0) is 12.6. The van der Waals surface area contributed by atoms with Gasteiger partial charge < -0.3 is 14.9 Å². The van der Waals surface area contributed by atoms with Crippen LogP contribution in [-0.2, 0) is 5.60 Å². The SMILES string of the molecule is Cc1ccccc1-c1noc(C2(O)CCNC2)n1. The van der Waals surface area contributed by atoms with Crippen LogP contribution in [0.2, 0.25) is 0 Å². The van der Waals surface area contributed by atoms with Crippen molar-refractivity contribution in [1.82, 2.24) is 15.5 Å². The molecule has 1 unspecified atom stereocenters. The van der Waals surface area contributed by atoms with E-state index in [1.165, 1.54) is 0 Å². The van der Waals surface area contributed by atoms with Crippen molar-refractivity contribution in [2.45, 2.75) is 18.9 Å². The smallest absolute Gasteiger partial charge is 0.260 e. The monoisotopic (exact) mass is 245 g/mol. The molecule has 5 heteroatoms. The van der Waals surface area contributed by atoms with E-state index in [0.717, 1.165) is 17.7 Å². The van der Waals surface area contributed by atoms with E-state index in [9.17, 15) is 5.11 Å². The second kappa shape index (κ2) is 4.19. The van der Waals surface area contributed by atoms with Gasteiger partial charge in [0.25, 0.3) is 5.89 Å². The van der Waals surface area contributed by atoms with Gasteiger partial charge in [0.1, 0.15) is 0 Å². The van der Waals surface area contributed by atoms with Crippen molar-refractivity contribution >= 4 is 0 Å². The van der Waals surface area contributed by atoms with E-state index in [1.54, 1.807) is 0 Å². The molecule has 1 aliphatic rings. The minimum atomic E-state index is -1.02. The highest BCUT2D eigenvalue weighted by molar-refractivity contribution is 5.59. The molecule has 0 radical (unpaired) electrons. The van der Waals surface area contributed by atoms with Crippen LogP contribution in [-0.4, -0.2) is 28.3 Å². The standard InChI is InChI=1S/C13H15N3O2/c1-9-4-2-3-5-10(9)11-15-12(18-16-11)13(17)6-7-14-8-13/h2-5,14,17H,6-8H2,1H3. The Morgan fingerprint density at radius 2 is 2.22 bits per heavy atom. The third-order valence-corrected chi connectivity index (χ3v) is 3.34. The minimum Gasteiger partial charge on any atom is -0.379 e. The molecule has 2 aromatic rings. The number of hydrogen-bond acceptors (Lipinski definition) is 5. The average molecular weight is 245 g/mol. The van der Waals surface area contributed by atoms with Crippen LogP contribution in [0.4, 0.5) is 0 Å². The van der Waals surface area contributed by atoms with Gasteiger partial charge >= 0.3 is 0 Å². The number of aromatic nitrogens is 2. The summed E-state index contributed by atoms with van der Waals surface area (Å²) in [5.41, 5.74) is 0.997. The highest BCUT2D eigenvalue weighted by Gasteiger charge is 2.38. The van der Waals surface area contributed by atoms with Crippen LogP contribution in [0.5, 0.6) is 0 Å². The van der Waals surface area contributed by atoms with Gasteiger partial charge in [0, 0.05) is 12.1 Å². The summed E-state index contributed by atoms with van der Waals surface area (Å²) in [5.74, 6) is 0.828. The minimum absolute atomic E-state index is 0.297. The Bertz CT molecular complexity index is 559. The van der Waals surface area contributed by atoms with Gasteiger partial charge in [-0.2, -0.15) is 4.98 Å². The molecule has 1 aromatic carbocycles. The van der Waals surface area contributed by atoms with E-state index in [1.807, 2.05) is 31.2 Å². The Hall–Kier alpha value is -1.72. The van der Waals surface area contributed by atoms with Crippen molar-refractivity contribution in [3.05, 3.63) is 35.7 Å². The van der Waals surface area contributed by atoms with Crippen molar-refractivity contribution in [2.75, 3.05) is 13.1 Å². The lowest BCUT2D eigenvalue weighted by atomic mass is 10.0. The molecule has 2 heterocycles. The number of nitrogens with zero attached hydrogens (tertiary/aromatic N) is 2. The maximum absolute atomic E-state index is 10.3. The lowest BCUT2D eigenvalue weighted by Crippen LogP contribution is -2.28. The topological polar surface area (TPSA) is 71.2 Å². The van der Waals surface area contributed by atoms with Crippen molar-refractivity contribution in [3.8, 4) is 11.4 Å². The fraction of sp³-hybridized carbons (Fsp3) is 0.385. The summed E-state index contributed by atoms with van der Waals surface area (Å²) in [4.78, 5) is 4.33. The van der Waals surface area contributed by atoms with Gasteiger partial charge in [-0.15, -0.1) is 0 Å². The highest BCUT2D eigenvalue weighted by Crippen LogP contribution is 2.28. The molecule has 5 nitrogen and oxygen atoms in total. The molecule has 3 rings (SSSR count). The number of aliphatic hydroxyl groups is 1. The van der Waals surface area contributed by atoms with Crippen molar-refractivity contribution in [3.63, 3.8) is 0 Å². The summed E-state index contributed by atoms with van der Waals surface area (Å²) in [5, 5.41) is 17.4. The Morgan fingerprint density at radius 1 is 1.39 bits per heavy atom. The molecule has 1 saturated heterocycles. The molecule has 1 atom stereocenters. The summed E-state index contributed by atoms with van der Waals surface area (Å²) >= 11 is 0. The molecular formula is C13H15N3O2. The number of hydrogen-bond donors (Lipinski definition) is 2. The molecule has 1 aliphatic heterocycles. The van der Waals surface area contributed by atoms with Gasteiger partial charge in [0.2, 0.25) is 5.82 Å². The van der Waals surface area contributed by atoms with Crippen molar-refractivity contribution in [1.29, 1.82) is 0 Å². The van der Waals surface area contributed by atoms with Crippen LogP contribution >= 0.6 is 0 Å². The molecule has 1 aromatic heterocycles. The molecule has 2 N–H and O–H groups in total. The Kier molecular flexibility index (Phi) is 2.65. The van der Waals surface area contributed by atoms with Gasteiger partial charge in [-0.05, 0) is 25.5 Å². The summed E-state index contributed by atoms with van der Waals surface area (Å²) < 4.78 is 5.21. The van der Waals surface area contributed by atoms with Gasteiger partial charge in [-0.25, -0.2) is 0 Å². The first-order valence-corrected chi connectivity index (χ1v) is 6.02. The quantitative estimate of drug-likeness (QED) is 0.832. The van der Waals surface area contributed by atoms with Crippen LogP contribution in [0.3, 0.4) is 0 Å². The normalized spacial score (nSPS) is 23.4. The van der Waals surface area contributed by atoms with Gasteiger partial charge in [-0.1, -0.05) is 29.4 Å². The fourth-order valence-corrected chi connectivity index (χ4v) is 2.21. The lowest BCUT2D eigenvalue weighted by Gasteiger charge is -2.14. The molecule has 18 heavy (non-hydrogen) atoms. The van der Waals surface area contributed by atoms with Crippen LogP contribution in [0.15, 0.2) is 28.8 Å². The summed E-state index contributed by atoms with van der Waals surface area (Å²) in [6.07, 6.45) is 0.600. The van der Waals surface area contributed by atoms with E-state index in [0.29, 0.717) is 24.7 Å². The zero-order valence-corrected chi connectivity index (χ0v) is 10.2. The van der Waals surface area contributed by atoms with Gasteiger partial charge in [0.05, 0.1) is 0 Å². The lowest BCUT2D eigenvalue weighted by molar-refractivity contribution is 0.0243. The second-order valence-corrected chi connectivity index (χ2v) is 4.70. The number of rotatable bonds is 2. The fourth-order valence-electron chi connectivity index (χ4n) is 2.21. The third kappa shape index (κ3) is 1.81. The second-order valence-electron chi connectivity index (χ2n) is 4.70. The zero-order valence-electron chi connectivity index (χ0n) is 10.2. The molecule has 0 bridgehead atoms. The van der Waals surface area contributed by atoms with Crippen molar-refractivity contribution < 1.29 is 9.63 Å². The predicted molar refractivity (Wildman–Crippen MR) is 65.9 cm³/mol. The van der Waals surface area contributed by atoms with Gasteiger partial charge in [0.15, 0.2) is 5.60 Å². The first-order valence-electron chi connectivity index (χ1n) is 6.02. The van der Waals surface area contributed by atoms with Crippen LogP contribution in [0, 0.1) is 6.92 Å². The Labute approximate surface area is 105 Å². The third-order valence-electron chi connectivity index (χ3n) is 3.34. The maximum atomic E-state index is 10.3. The molecule has 1 fully saturated rings. The summed E-state index contributed by atoms with van der Waals surface area (Å²) in [6, 6.07) is 7.84.